The molecule has 1 aromatic rings. The van der Waals surface area contributed by atoms with Crippen LogP contribution in [0.5, 0.6) is 0 Å². The van der Waals surface area contributed by atoms with Gasteiger partial charge in [-0.3, -0.25) is 4.90 Å². The van der Waals surface area contributed by atoms with E-state index in [0.717, 1.165) is 12.1 Å². The molecule has 0 aromatic heterocycles. The molecule has 4 heteroatoms. The van der Waals surface area contributed by atoms with Gasteiger partial charge in [-0.1, -0.05) is 36.5 Å². The first kappa shape index (κ1) is 14.1. The van der Waals surface area contributed by atoms with Gasteiger partial charge in [0.25, 0.3) is 0 Å². The highest BCUT2D eigenvalue weighted by molar-refractivity contribution is 7.80. The Labute approximate surface area is 108 Å². The average Bonchev–Trinajstić information content (AvgIpc) is 2.28. The highest BCUT2D eigenvalue weighted by atomic mass is 32.1. The van der Waals surface area contributed by atoms with Crippen LogP contribution in [-0.2, 0) is 13.2 Å². The first-order valence-corrected chi connectivity index (χ1v) is 6.14. The van der Waals surface area contributed by atoms with Crippen LogP contribution < -0.4 is 5.73 Å². The van der Waals surface area contributed by atoms with Crippen molar-refractivity contribution in [2.45, 2.75) is 33.0 Å². The predicted molar refractivity (Wildman–Crippen MR) is 74.7 cm³/mol. The second kappa shape index (κ2) is 6.69. The molecule has 0 atom stereocenters. The Morgan fingerprint density at radius 2 is 1.82 bits per heavy atom. The number of hydrogen-bond acceptors (Lipinski definition) is 3. The van der Waals surface area contributed by atoms with E-state index in [2.05, 4.69) is 18.7 Å². The van der Waals surface area contributed by atoms with E-state index in [0.29, 0.717) is 17.6 Å². The van der Waals surface area contributed by atoms with Crippen molar-refractivity contribution in [3.8, 4) is 0 Å². The van der Waals surface area contributed by atoms with Gasteiger partial charge in [-0.05, 0) is 25.0 Å². The quantitative estimate of drug-likeness (QED) is 0.756. The molecule has 0 heterocycles. The third-order valence-corrected chi connectivity index (χ3v) is 2.81. The van der Waals surface area contributed by atoms with Crippen molar-refractivity contribution in [2.75, 3.05) is 6.54 Å². The zero-order valence-corrected chi connectivity index (χ0v) is 11.2. The van der Waals surface area contributed by atoms with Crippen LogP contribution in [0.3, 0.4) is 0 Å². The van der Waals surface area contributed by atoms with Gasteiger partial charge in [0.1, 0.15) is 0 Å². The summed E-state index contributed by atoms with van der Waals surface area (Å²) in [5.74, 6) is 0. The molecule has 0 aliphatic rings. The predicted octanol–water partition coefficient (Wildman–Crippen LogP) is 1.68. The molecule has 0 spiro atoms. The van der Waals surface area contributed by atoms with Gasteiger partial charge in [0.15, 0.2) is 0 Å². The second-order valence-electron chi connectivity index (χ2n) is 4.44. The van der Waals surface area contributed by atoms with Gasteiger partial charge in [-0.15, -0.1) is 0 Å². The van der Waals surface area contributed by atoms with Gasteiger partial charge in [0.2, 0.25) is 0 Å². The Morgan fingerprint density at radius 1 is 1.29 bits per heavy atom. The van der Waals surface area contributed by atoms with Crippen molar-refractivity contribution >= 4 is 17.2 Å². The number of aliphatic hydroxyl groups is 1. The van der Waals surface area contributed by atoms with Crippen molar-refractivity contribution < 1.29 is 5.11 Å². The number of nitrogens with two attached hydrogens (primary N) is 1. The molecule has 17 heavy (non-hydrogen) atoms. The molecule has 94 valence electrons. The summed E-state index contributed by atoms with van der Waals surface area (Å²) in [6.45, 7) is 5.79. The van der Waals surface area contributed by atoms with Gasteiger partial charge < -0.3 is 10.8 Å². The maximum Gasteiger partial charge on any atom is 0.0870 e. The van der Waals surface area contributed by atoms with E-state index in [-0.39, 0.29) is 6.61 Å². The van der Waals surface area contributed by atoms with Crippen LogP contribution in [0.15, 0.2) is 24.3 Å². The molecule has 0 aliphatic heterocycles. The maximum atomic E-state index is 8.97. The third-order valence-electron chi connectivity index (χ3n) is 2.68. The van der Waals surface area contributed by atoms with Crippen molar-refractivity contribution in [1.82, 2.24) is 4.90 Å². The normalized spacial score (nSPS) is 11.1. The smallest absolute Gasteiger partial charge is 0.0870 e. The summed E-state index contributed by atoms with van der Waals surface area (Å²) in [6.07, 6.45) is 0. The van der Waals surface area contributed by atoms with Gasteiger partial charge in [0.05, 0.1) is 11.6 Å². The molecular weight excluding hydrogens is 232 g/mol. The topological polar surface area (TPSA) is 49.5 Å². The van der Waals surface area contributed by atoms with E-state index in [4.69, 9.17) is 23.1 Å². The Bertz CT molecular complexity index is 362. The van der Waals surface area contributed by atoms with E-state index in [9.17, 15) is 0 Å². The van der Waals surface area contributed by atoms with Crippen LogP contribution >= 0.6 is 12.2 Å². The van der Waals surface area contributed by atoms with Crippen LogP contribution in [0, 0.1) is 0 Å². The highest BCUT2D eigenvalue weighted by Gasteiger charge is 2.10. The first-order chi connectivity index (χ1) is 8.02. The largest absolute Gasteiger partial charge is 0.392 e. The van der Waals surface area contributed by atoms with Crippen LogP contribution in [0.1, 0.15) is 25.0 Å². The van der Waals surface area contributed by atoms with E-state index in [1.165, 1.54) is 5.56 Å². The third kappa shape index (κ3) is 4.81. The molecule has 0 radical (unpaired) electrons. The maximum absolute atomic E-state index is 8.97. The minimum atomic E-state index is 0.0844. The second-order valence-corrected chi connectivity index (χ2v) is 4.96. The minimum Gasteiger partial charge on any atom is -0.392 e. The van der Waals surface area contributed by atoms with Crippen molar-refractivity contribution in [1.29, 1.82) is 0 Å². The summed E-state index contributed by atoms with van der Waals surface area (Å²) < 4.78 is 0. The van der Waals surface area contributed by atoms with E-state index < -0.39 is 0 Å². The highest BCUT2D eigenvalue weighted by Crippen LogP contribution is 2.10. The number of benzene rings is 1. The zero-order chi connectivity index (χ0) is 12.8. The molecule has 0 amide bonds. The number of thiocarbonyl (C=S) groups is 1. The molecule has 0 saturated carbocycles. The van der Waals surface area contributed by atoms with E-state index in [1.54, 1.807) is 0 Å². The summed E-state index contributed by atoms with van der Waals surface area (Å²) in [6, 6.07) is 8.33. The molecule has 0 saturated heterocycles. The summed E-state index contributed by atoms with van der Waals surface area (Å²) in [5.41, 5.74) is 7.72. The van der Waals surface area contributed by atoms with Crippen LogP contribution in [-0.4, -0.2) is 27.6 Å². The summed E-state index contributed by atoms with van der Waals surface area (Å²) in [4.78, 5) is 2.74. The number of rotatable bonds is 6. The molecule has 0 bridgehead atoms. The number of nitrogens with zero attached hydrogens (tertiary/aromatic N) is 1. The molecule has 3 N–H and O–H groups in total. The van der Waals surface area contributed by atoms with Gasteiger partial charge in [0, 0.05) is 19.1 Å². The van der Waals surface area contributed by atoms with Crippen molar-refractivity contribution in [3.05, 3.63) is 35.4 Å². The Morgan fingerprint density at radius 3 is 2.24 bits per heavy atom. The zero-order valence-electron chi connectivity index (χ0n) is 10.4. The molecule has 1 aromatic carbocycles. The molecule has 0 aliphatic carbocycles. The SMILES string of the molecule is CC(C)N(CC(N)=S)Cc1ccc(CO)cc1. The monoisotopic (exact) mass is 252 g/mol. The Hall–Kier alpha value is -0.970. The summed E-state index contributed by atoms with van der Waals surface area (Å²) in [5, 5.41) is 8.97. The van der Waals surface area contributed by atoms with Crippen LogP contribution in [0.25, 0.3) is 0 Å². The molecule has 3 nitrogen and oxygen atoms in total. The first-order valence-electron chi connectivity index (χ1n) is 5.74. The fraction of sp³-hybridized carbons (Fsp3) is 0.462. The molecule has 0 unspecified atom stereocenters. The fourth-order valence-electron chi connectivity index (χ4n) is 1.61. The lowest BCUT2D eigenvalue weighted by atomic mass is 10.1. The summed E-state index contributed by atoms with van der Waals surface area (Å²) >= 11 is 4.95. The lowest BCUT2D eigenvalue weighted by Gasteiger charge is -2.25. The van der Waals surface area contributed by atoms with Crippen LogP contribution in [0.2, 0.25) is 0 Å². The van der Waals surface area contributed by atoms with Gasteiger partial charge in [-0.25, -0.2) is 0 Å². The van der Waals surface area contributed by atoms with Crippen molar-refractivity contribution in [3.63, 3.8) is 0 Å². The Balaban J connectivity index is 2.68. The lowest BCUT2D eigenvalue weighted by Crippen LogP contribution is -2.37. The van der Waals surface area contributed by atoms with E-state index in [1.807, 2.05) is 24.3 Å². The number of hydrogen-bond donors (Lipinski definition) is 2. The van der Waals surface area contributed by atoms with Crippen molar-refractivity contribution in [2.24, 2.45) is 5.73 Å². The Kier molecular flexibility index (Phi) is 5.55. The van der Waals surface area contributed by atoms with E-state index >= 15 is 0 Å². The molecule has 1 rings (SSSR count). The van der Waals surface area contributed by atoms with Crippen LogP contribution in [0.4, 0.5) is 0 Å². The molecule has 0 fully saturated rings. The van der Waals surface area contributed by atoms with Gasteiger partial charge in [-0.2, -0.15) is 0 Å². The number of aliphatic hydroxyl groups excluding tert-OH is 1. The minimum absolute atomic E-state index is 0.0844. The molecular formula is C13H20N2OS. The average molecular weight is 252 g/mol. The van der Waals surface area contributed by atoms with Gasteiger partial charge >= 0.3 is 0 Å². The summed E-state index contributed by atoms with van der Waals surface area (Å²) in [7, 11) is 0. The fourth-order valence-corrected chi connectivity index (χ4v) is 1.77. The standard InChI is InChI=1S/C13H20N2OS/c1-10(2)15(8-13(14)17)7-11-3-5-12(9-16)6-4-11/h3-6,10,16H,7-9H2,1-2H3,(H2,14,17). The lowest BCUT2D eigenvalue weighted by molar-refractivity contribution is 0.245.